The predicted octanol–water partition coefficient (Wildman–Crippen LogP) is 1.07. The van der Waals surface area contributed by atoms with Crippen LogP contribution in [0.2, 0.25) is 5.15 Å². The summed E-state index contributed by atoms with van der Waals surface area (Å²) in [4.78, 5) is 8.12. The molecule has 0 N–H and O–H groups in total. The molecule has 1 fully saturated rings. The summed E-state index contributed by atoms with van der Waals surface area (Å²) < 4.78 is 27.0. The summed E-state index contributed by atoms with van der Waals surface area (Å²) in [7, 11) is -0.387. The van der Waals surface area contributed by atoms with Crippen molar-refractivity contribution in [2.45, 2.75) is 18.9 Å². The highest BCUT2D eigenvalue weighted by molar-refractivity contribution is 7.86. The fourth-order valence-electron chi connectivity index (χ4n) is 2.04. The topological polar surface area (TPSA) is 66.4 Å². The van der Waals surface area contributed by atoms with Crippen molar-refractivity contribution in [1.29, 1.82) is 0 Å². The first-order valence-electron chi connectivity index (χ1n) is 5.59. The molecular formula is C10H15ClN4O2S. The van der Waals surface area contributed by atoms with Crippen LogP contribution < -0.4 is 0 Å². The van der Waals surface area contributed by atoms with Crippen molar-refractivity contribution in [3.63, 3.8) is 0 Å². The lowest BCUT2D eigenvalue weighted by atomic mass is 10.2. The molecule has 1 aliphatic rings. The summed E-state index contributed by atoms with van der Waals surface area (Å²) in [5, 5.41) is 0.279. The molecule has 1 saturated heterocycles. The van der Waals surface area contributed by atoms with E-state index in [-0.39, 0.29) is 11.2 Å². The quantitative estimate of drug-likeness (QED) is 0.835. The second kappa shape index (κ2) is 5.08. The van der Waals surface area contributed by atoms with Gasteiger partial charge in [-0.15, -0.1) is 0 Å². The lowest BCUT2D eigenvalue weighted by Crippen LogP contribution is -2.39. The molecule has 0 aromatic carbocycles. The van der Waals surface area contributed by atoms with Gasteiger partial charge in [0, 0.05) is 20.6 Å². The Morgan fingerprint density at radius 2 is 2.17 bits per heavy atom. The van der Waals surface area contributed by atoms with Crippen LogP contribution in [0.5, 0.6) is 0 Å². The SMILES string of the molecule is CN(C)S(=O)(=O)N1CCCC1c1cncc(Cl)n1. The highest BCUT2D eigenvalue weighted by Crippen LogP contribution is 2.33. The van der Waals surface area contributed by atoms with Crippen molar-refractivity contribution in [2.24, 2.45) is 0 Å². The van der Waals surface area contributed by atoms with Gasteiger partial charge in [-0.1, -0.05) is 11.6 Å². The molecule has 2 heterocycles. The molecule has 0 bridgehead atoms. The van der Waals surface area contributed by atoms with Gasteiger partial charge in [-0.3, -0.25) is 4.98 Å². The third-order valence-electron chi connectivity index (χ3n) is 2.93. The number of hydrogen-bond acceptors (Lipinski definition) is 4. The standard InChI is InChI=1S/C10H15ClN4O2S/c1-14(2)18(16,17)15-5-3-4-9(15)8-6-12-7-10(11)13-8/h6-7,9H,3-5H2,1-2H3. The largest absolute Gasteiger partial charge is 0.282 e. The Labute approximate surface area is 112 Å². The van der Waals surface area contributed by atoms with Crippen LogP contribution >= 0.6 is 11.6 Å². The zero-order valence-corrected chi connectivity index (χ0v) is 11.8. The van der Waals surface area contributed by atoms with Gasteiger partial charge in [0.25, 0.3) is 10.2 Å². The van der Waals surface area contributed by atoms with Crippen LogP contribution in [0.25, 0.3) is 0 Å². The third kappa shape index (κ3) is 2.49. The Kier molecular flexibility index (Phi) is 3.86. The normalized spacial score (nSPS) is 21.7. The molecule has 6 nitrogen and oxygen atoms in total. The molecule has 18 heavy (non-hydrogen) atoms. The number of halogens is 1. The molecule has 0 aliphatic carbocycles. The van der Waals surface area contributed by atoms with E-state index in [1.807, 2.05) is 0 Å². The van der Waals surface area contributed by atoms with Gasteiger partial charge >= 0.3 is 0 Å². The molecular weight excluding hydrogens is 276 g/mol. The Bertz CT molecular complexity index is 534. The van der Waals surface area contributed by atoms with Crippen LogP contribution in [-0.2, 0) is 10.2 Å². The van der Waals surface area contributed by atoms with E-state index in [2.05, 4.69) is 9.97 Å². The zero-order valence-electron chi connectivity index (χ0n) is 10.2. The second-order valence-corrected chi connectivity index (χ2v) is 6.81. The lowest BCUT2D eigenvalue weighted by molar-refractivity contribution is 0.357. The van der Waals surface area contributed by atoms with Crippen molar-refractivity contribution in [2.75, 3.05) is 20.6 Å². The van der Waals surface area contributed by atoms with Crippen LogP contribution in [0.15, 0.2) is 12.4 Å². The van der Waals surface area contributed by atoms with Gasteiger partial charge in [-0.05, 0) is 12.8 Å². The molecule has 0 saturated carbocycles. The van der Waals surface area contributed by atoms with E-state index in [9.17, 15) is 8.42 Å². The van der Waals surface area contributed by atoms with Gasteiger partial charge in [0.15, 0.2) is 0 Å². The summed E-state index contributed by atoms with van der Waals surface area (Å²) in [6.45, 7) is 0.499. The summed E-state index contributed by atoms with van der Waals surface area (Å²) in [5.41, 5.74) is 0.602. The van der Waals surface area contributed by atoms with Crippen molar-refractivity contribution < 1.29 is 8.42 Å². The predicted molar refractivity (Wildman–Crippen MR) is 68.3 cm³/mol. The smallest absolute Gasteiger partial charge is 0.260 e. The fourth-order valence-corrected chi connectivity index (χ4v) is 3.51. The van der Waals surface area contributed by atoms with Crippen molar-refractivity contribution in [1.82, 2.24) is 18.6 Å². The number of hydrogen-bond donors (Lipinski definition) is 0. The summed E-state index contributed by atoms with van der Waals surface area (Å²) in [6.07, 6.45) is 4.55. The highest BCUT2D eigenvalue weighted by Gasteiger charge is 2.37. The minimum Gasteiger partial charge on any atom is -0.260 e. The van der Waals surface area contributed by atoms with E-state index in [0.29, 0.717) is 12.2 Å². The number of aromatic nitrogens is 2. The van der Waals surface area contributed by atoms with Gasteiger partial charge in [0.2, 0.25) is 0 Å². The van der Waals surface area contributed by atoms with Gasteiger partial charge in [0.1, 0.15) is 5.15 Å². The maximum absolute atomic E-state index is 12.2. The molecule has 0 spiro atoms. The van der Waals surface area contributed by atoms with Crippen LogP contribution in [0.4, 0.5) is 0 Å². The first-order valence-corrected chi connectivity index (χ1v) is 7.37. The molecule has 0 amide bonds. The monoisotopic (exact) mass is 290 g/mol. The third-order valence-corrected chi connectivity index (χ3v) is 5.06. The second-order valence-electron chi connectivity index (χ2n) is 4.33. The van der Waals surface area contributed by atoms with E-state index in [1.165, 1.54) is 28.9 Å². The number of rotatable bonds is 3. The van der Waals surface area contributed by atoms with Crippen LogP contribution in [-0.4, -0.2) is 47.6 Å². The average molecular weight is 291 g/mol. The fraction of sp³-hybridized carbons (Fsp3) is 0.600. The lowest BCUT2D eigenvalue weighted by Gasteiger charge is -2.26. The van der Waals surface area contributed by atoms with E-state index < -0.39 is 10.2 Å². The molecule has 1 atom stereocenters. The molecule has 1 unspecified atom stereocenters. The van der Waals surface area contributed by atoms with Crippen molar-refractivity contribution in [3.05, 3.63) is 23.2 Å². The van der Waals surface area contributed by atoms with Crippen molar-refractivity contribution in [3.8, 4) is 0 Å². The Balaban J connectivity index is 2.34. The van der Waals surface area contributed by atoms with Crippen molar-refractivity contribution >= 4 is 21.8 Å². The highest BCUT2D eigenvalue weighted by atomic mass is 35.5. The molecule has 8 heteroatoms. The molecule has 1 aromatic heterocycles. The van der Waals surface area contributed by atoms with E-state index in [1.54, 1.807) is 6.20 Å². The van der Waals surface area contributed by atoms with E-state index in [0.717, 1.165) is 12.8 Å². The van der Waals surface area contributed by atoms with Gasteiger partial charge in [-0.2, -0.15) is 17.0 Å². The summed E-state index contributed by atoms with van der Waals surface area (Å²) in [5.74, 6) is 0. The molecule has 1 aliphatic heterocycles. The molecule has 2 rings (SSSR count). The number of nitrogens with zero attached hydrogens (tertiary/aromatic N) is 4. The van der Waals surface area contributed by atoms with Gasteiger partial charge in [0.05, 0.1) is 24.1 Å². The van der Waals surface area contributed by atoms with Crippen LogP contribution in [0.1, 0.15) is 24.6 Å². The minimum atomic E-state index is -3.43. The first kappa shape index (κ1) is 13.7. The van der Waals surface area contributed by atoms with Crippen LogP contribution in [0.3, 0.4) is 0 Å². The zero-order chi connectivity index (χ0) is 13.3. The maximum Gasteiger partial charge on any atom is 0.282 e. The Morgan fingerprint density at radius 1 is 1.44 bits per heavy atom. The summed E-state index contributed by atoms with van der Waals surface area (Å²) in [6, 6.07) is -0.274. The molecule has 1 aromatic rings. The van der Waals surface area contributed by atoms with E-state index in [4.69, 9.17) is 11.6 Å². The first-order chi connectivity index (χ1) is 8.43. The van der Waals surface area contributed by atoms with Gasteiger partial charge in [-0.25, -0.2) is 4.98 Å². The van der Waals surface area contributed by atoms with E-state index >= 15 is 0 Å². The van der Waals surface area contributed by atoms with Gasteiger partial charge < -0.3 is 0 Å². The Morgan fingerprint density at radius 3 is 2.78 bits per heavy atom. The Hall–Kier alpha value is -0.760. The molecule has 0 radical (unpaired) electrons. The van der Waals surface area contributed by atoms with Crippen LogP contribution in [0, 0.1) is 0 Å². The average Bonchev–Trinajstić information content (AvgIpc) is 2.78. The molecule has 100 valence electrons. The summed E-state index contributed by atoms with van der Waals surface area (Å²) >= 11 is 5.80. The maximum atomic E-state index is 12.2. The minimum absolute atomic E-state index is 0.274.